The third-order valence-corrected chi connectivity index (χ3v) is 5.23. The summed E-state index contributed by atoms with van der Waals surface area (Å²) in [5.74, 6) is 0. The number of anilines is 3. The highest BCUT2D eigenvalue weighted by Crippen LogP contribution is 2.27. The molecule has 4 rings (SSSR count). The standard InChI is InChI=1S/C24H25N3O/c1-20-10-8-9-15-23(20)25-16-18-26(19-17-25)24(28)27(21-11-4-2-5-12-21)22-13-6-3-7-14-22/h2-15H,16-19H2,1H3. The van der Waals surface area contributed by atoms with Gasteiger partial charge in [0.25, 0.3) is 0 Å². The molecular formula is C24H25N3O. The second-order valence-electron chi connectivity index (χ2n) is 7.05. The Morgan fingerprint density at radius 1 is 0.714 bits per heavy atom. The molecule has 0 spiro atoms. The van der Waals surface area contributed by atoms with E-state index in [0.717, 1.165) is 24.5 Å². The topological polar surface area (TPSA) is 26.8 Å². The number of aryl methyl sites for hydroxylation is 1. The number of rotatable bonds is 3. The first-order valence-electron chi connectivity index (χ1n) is 9.74. The molecule has 4 nitrogen and oxygen atoms in total. The lowest BCUT2D eigenvalue weighted by molar-refractivity contribution is 0.203. The minimum Gasteiger partial charge on any atom is -0.368 e. The van der Waals surface area contributed by atoms with Gasteiger partial charge in [-0.05, 0) is 42.8 Å². The average molecular weight is 371 g/mol. The lowest BCUT2D eigenvalue weighted by Gasteiger charge is -2.39. The van der Waals surface area contributed by atoms with Crippen LogP contribution in [0.2, 0.25) is 0 Å². The van der Waals surface area contributed by atoms with Crippen LogP contribution in [-0.2, 0) is 0 Å². The van der Waals surface area contributed by atoms with E-state index in [1.54, 1.807) is 0 Å². The molecule has 0 unspecified atom stereocenters. The van der Waals surface area contributed by atoms with Crippen LogP contribution in [0.25, 0.3) is 0 Å². The van der Waals surface area contributed by atoms with Crippen LogP contribution in [0.4, 0.5) is 21.9 Å². The fourth-order valence-electron chi connectivity index (χ4n) is 3.72. The Bertz CT molecular complexity index is 879. The summed E-state index contributed by atoms with van der Waals surface area (Å²) in [6.07, 6.45) is 0. The second-order valence-corrected chi connectivity index (χ2v) is 7.05. The number of carbonyl (C=O) groups excluding carboxylic acids is 1. The minimum absolute atomic E-state index is 0.0295. The van der Waals surface area contributed by atoms with Gasteiger partial charge in [0.05, 0.1) is 11.4 Å². The number of nitrogens with zero attached hydrogens (tertiary/aromatic N) is 3. The van der Waals surface area contributed by atoms with Crippen molar-refractivity contribution in [1.82, 2.24) is 4.90 Å². The smallest absolute Gasteiger partial charge is 0.329 e. The number of piperazine rings is 1. The van der Waals surface area contributed by atoms with Crippen LogP contribution in [0.3, 0.4) is 0 Å². The molecule has 3 aromatic rings. The Balaban J connectivity index is 1.53. The fourth-order valence-corrected chi connectivity index (χ4v) is 3.72. The second kappa shape index (κ2) is 8.17. The van der Waals surface area contributed by atoms with Crippen molar-refractivity contribution in [3.63, 3.8) is 0 Å². The first kappa shape index (κ1) is 18.1. The van der Waals surface area contributed by atoms with Crippen molar-refractivity contribution in [2.45, 2.75) is 6.92 Å². The van der Waals surface area contributed by atoms with Gasteiger partial charge in [-0.1, -0.05) is 54.6 Å². The maximum Gasteiger partial charge on any atom is 0.329 e. The molecule has 1 aliphatic heterocycles. The zero-order chi connectivity index (χ0) is 19.3. The number of benzene rings is 3. The monoisotopic (exact) mass is 371 g/mol. The summed E-state index contributed by atoms with van der Waals surface area (Å²) in [6, 6.07) is 28.2. The molecular weight excluding hydrogens is 346 g/mol. The van der Waals surface area contributed by atoms with Gasteiger partial charge in [-0.3, -0.25) is 4.90 Å². The number of carbonyl (C=O) groups is 1. The molecule has 1 aliphatic rings. The van der Waals surface area contributed by atoms with E-state index < -0.39 is 0 Å². The van der Waals surface area contributed by atoms with E-state index in [2.05, 4.69) is 36.1 Å². The third kappa shape index (κ3) is 3.72. The summed E-state index contributed by atoms with van der Waals surface area (Å²) in [5.41, 5.74) is 4.31. The molecule has 0 aliphatic carbocycles. The van der Waals surface area contributed by atoms with Crippen LogP contribution in [-0.4, -0.2) is 37.1 Å². The van der Waals surface area contributed by atoms with Crippen LogP contribution in [0.1, 0.15) is 5.56 Å². The Hall–Kier alpha value is -3.27. The van der Waals surface area contributed by atoms with E-state index in [1.165, 1.54) is 11.3 Å². The summed E-state index contributed by atoms with van der Waals surface area (Å²) in [4.78, 5) is 19.6. The Morgan fingerprint density at radius 3 is 1.75 bits per heavy atom. The first-order chi connectivity index (χ1) is 13.7. The fraction of sp³-hybridized carbons (Fsp3) is 0.208. The van der Waals surface area contributed by atoms with Crippen molar-refractivity contribution in [3.8, 4) is 0 Å². The van der Waals surface area contributed by atoms with Gasteiger partial charge in [-0.15, -0.1) is 0 Å². The molecule has 28 heavy (non-hydrogen) atoms. The van der Waals surface area contributed by atoms with E-state index in [4.69, 9.17) is 0 Å². The molecule has 142 valence electrons. The van der Waals surface area contributed by atoms with Gasteiger partial charge in [-0.2, -0.15) is 0 Å². The maximum absolute atomic E-state index is 13.4. The zero-order valence-corrected chi connectivity index (χ0v) is 16.2. The van der Waals surface area contributed by atoms with Gasteiger partial charge in [0.2, 0.25) is 0 Å². The molecule has 1 fully saturated rings. The largest absolute Gasteiger partial charge is 0.368 e. The number of amides is 2. The third-order valence-electron chi connectivity index (χ3n) is 5.23. The molecule has 0 saturated carbocycles. The predicted octanol–water partition coefficient (Wildman–Crippen LogP) is 5.08. The Labute approximate surface area is 166 Å². The number of para-hydroxylation sites is 3. The summed E-state index contributed by atoms with van der Waals surface area (Å²) in [5, 5.41) is 0. The van der Waals surface area contributed by atoms with Crippen molar-refractivity contribution in [2.24, 2.45) is 0 Å². The maximum atomic E-state index is 13.4. The highest BCUT2D eigenvalue weighted by molar-refractivity contribution is 5.99. The highest BCUT2D eigenvalue weighted by Gasteiger charge is 2.27. The molecule has 1 saturated heterocycles. The summed E-state index contributed by atoms with van der Waals surface area (Å²) >= 11 is 0. The quantitative estimate of drug-likeness (QED) is 0.642. The number of hydrogen-bond donors (Lipinski definition) is 0. The predicted molar refractivity (Wildman–Crippen MR) is 115 cm³/mol. The summed E-state index contributed by atoms with van der Waals surface area (Å²) < 4.78 is 0. The average Bonchev–Trinajstić information content (AvgIpc) is 2.76. The van der Waals surface area contributed by atoms with Gasteiger partial charge in [-0.25, -0.2) is 4.79 Å². The van der Waals surface area contributed by atoms with Crippen molar-refractivity contribution >= 4 is 23.1 Å². The van der Waals surface area contributed by atoms with Gasteiger partial charge in [0.1, 0.15) is 0 Å². The normalized spacial score (nSPS) is 14.0. The molecule has 0 atom stereocenters. The zero-order valence-electron chi connectivity index (χ0n) is 16.2. The van der Waals surface area contributed by atoms with E-state index in [0.29, 0.717) is 13.1 Å². The molecule has 2 amide bonds. The Kier molecular flexibility index (Phi) is 5.29. The van der Waals surface area contributed by atoms with Crippen LogP contribution < -0.4 is 9.80 Å². The van der Waals surface area contributed by atoms with Crippen LogP contribution >= 0.6 is 0 Å². The molecule has 0 aromatic heterocycles. The van der Waals surface area contributed by atoms with E-state index >= 15 is 0 Å². The van der Waals surface area contributed by atoms with Gasteiger partial charge in [0.15, 0.2) is 0 Å². The number of urea groups is 1. The Morgan fingerprint density at radius 2 is 1.21 bits per heavy atom. The van der Waals surface area contributed by atoms with E-state index in [1.807, 2.05) is 70.5 Å². The van der Waals surface area contributed by atoms with Crippen molar-refractivity contribution in [2.75, 3.05) is 36.0 Å². The molecule has 4 heteroatoms. The minimum atomic E-state index is 0.0295. The molecule has 1 heterocycles. The number of hydrogen-bond acceptors (Lipinski definition) is 2. The van der Waals surface area contributed by atoms with Crippen LogP contribution in [0, 0.1) is 6.92 Å². The molecule has 0 radical (unpaired) electrons. The lowest BCUT2D eigenvalue weighted by Crippen LogP contribution is -2.52. The SMILES string of the molecule is Cc1ccccc1N1CCN(C(=O)N(c2ccccc2)c2ccccc2)CC1. The highest BCUT2D eigenvalue weighted by atomic mass is 16.2. The van der Waals surface area contributed by atoms with Crippen LogP contribution in [0.15, 0.2) is 84.9 Å². The molecule has 0 N–H and O–H groups in total. The summed E-state index contributed by atoms with van der Waals surface area (Å²) in [7, 11) is 0. The van der Waals surface area contributed by atoms with Crippen LogP contribution in [0.5, 0.6) is 0 Å². The molecule has 3 aromatic carbocycles. The van der Waals surface area contributed by atoms with Gasteiger partial charge < -0.3 is 9.80 Å². The van der Waals surface area contributed by atoms with Gasteiger partial charge >= 0.3 is 6.03 Å². The first-order valence-corrected chi connectivity index (χ1v) is 9.74. The van der Waals surface area contributed by atoms with Crippen molar-refractivity contribution < 1.29 is 4.79 Å². The van der Waals surface area contributed by atoms with E-state index in [-0.39, 0.29) is 6.03 Å². The lowest BCUT2D eigenvalue weighted by atomic mass is 10.1. The summed E-state index contributed by atoms with van der Waals surface area (Å²) in [6.45, 7) is 5.24. The van der Waals surface area contributed by atoms with Gasteiger partial charge in [0, 0.05) is 31.9 Å². The van der Waals surface area contributed by atoms with Crippen molar-refractivity contribution in [1.29, 1.82) is 0 Å². The molecule has 0 bridgehead atoms. The van der Waals surface area contributed by atoms with E-state index in [9.17, 15) is 4.79 Å². The van der Waals surface area contributed by atoms with Crippen molar-refractivity contribution in [3.05, 3.63) is 90.5 Å².